The van der Waals surface area contributed by atoms with Gasteiger partial charge in [-0.3, -0.25) is 0 Å². The molecule has 2 aromatic carbocycles. The lowest BCUT2D eigenvalue weighted by atomic mass is 10.2. The summed E-state index contributed by atoms with van der Waals surface area (Å²) in [6.45, 7) is 5.85. The lowest BCUT2D eigenvalue weighted by Crippen LogP contribution is -2.11. The van der Waals surface area contributed by atoms with Gasteiger partial charge in [-0.2, -0.15) is 0 Å². The minimum absolute atomic E-state index is 0.241. The minimum atomic E-state index is -0.502. The molecule has 0 atom stereocenters. The average Bonchev–Trinajstić information content (AvgIpc) is 2.80. The second-order valence-corrected chi connectivity index (χ2v) is 7.92. The molecular weight excluding hydrogens is 452 g/mol. The molecule has 4 aromatic rings. The monoisotopic (exact) mass is 474 g/mol. The van der Waals surface area contributed by atoms with E-state index >= 15 is 0 Å². The summed E-state index contributed by atoms with van der Waals surface area (Å²) in [6.07, 6.45) is 1.46. The molecule has 2 aromatic heterocycles. The van der Waals surface area contributed by atoms with Crippen LogP contribution in [-0.2, 0) is 4.74 Å². The van der Waals surface area contributed by atoms with Crippen LogP contribution in [-0.4, -0.2) is 32.5 Å². The third-order valence-electron chi connectivity index (χ3n) is 4.77. The van der Waals surface area contributed by atoms with Crippen LogP contribution in [0.3, 0.4) is 0 Å². The smallest absolute Gasteiger partial charge is 0.343 e. The van der Waals surface area contributed by atoms with Crippen LogP contribution in [0.15, 0.2) is 60.8 Å². The van der Waals surface area contributed by atoms with Crippen LogP contribution in [0.1, 0.15) is 28.7 Å². The van der Waals surface area contributed by atoms with Crippen LogP contribution < -0.4 is 10.6 Å². The first-order valence-electron chi connectivity index (χ1n) is 10.7. The van der Waals surface area contributed by atoms with Crippen molar-refractivity contribution in [2.45, 2.75) is 20.8 Å². The fourth-order valence-electron chi connectivity index (χ4n) is 3.26. The second-order valence-electron chi connectivity index (χ2n) is 7.48. The van der Waals surface area contributed by atoms with Crippen LogP contribution in [0, 0.1) is 13.8 Å². The number of aryl methyl sites for hydroxylation is 2. The predicted molar refractivity (Wildman–Crippen MR) is 133 cm³/mol. The highest BCUT2D eigenvalue weighted by molar-refractivity contribution is 6.30. The molecule has 0 saturated heterocycles. The maximum atomic E-state index is 12.5. The number of hydrogen-bond donors (Lipinski definition) is 2. The summed E-state index contributed by atoms with van der Waals surface area (Å²) in [4.78, 5) is 30.2. The summed E-state index contributed by atoms with van der Waals surface area (Å²) in [5.74, 6) is 0.832. The van der Waals surface area contributed by atoms with Gasteiger partial charge in [0, 0.05) is 39.5 Å². The highest BCUT2D eigenvalue weighted by Gasteiger charge is 2.17. The molecule has 0 amide bonds. The summed E-state index contributed by atoms with van der Waals surface area (Å²) < 4.78 is 5.17. The average molecular weight is 475 g/mol. The van der Waals surface area contributed by atoms with E-state index in [9.17, 15) is 4.79 Å². The highest BCUT2D eigenvalue weighted by atomic mass is 35.5. The van der Waals surface area contributed by atoms with Crippen LogP contribution in [0.2, 0.25) is 5.02 Å². The zero-order valence-corrected chi connectivity index (χ0v) is 19.7. The molecule has 34 heavy (non-hydrogen) atoms. The van der Waals surface area contributed by atoms with E-state index in [1.54, 1.807) is 19.1 Å². The number of esters is 1. The fourth-order valence-corrected chi connectivity index (χ4v) is 3.38. The zero-order valence-electron chi connectivity index (χ0n) is 19.0. The maximum Gasteiger partial charge on any atom is 0.343 e. The molecule has 0 aliphatic carbocycles. The molecule has 0 bridgehead atoms. The third kappa shape index (κ3) is 5.65. The number of hydrogen-bond acceptors (Lipinski definition) is 8. The summed E-state index contributed by atoms with van der Waals surface area (Å²) in [5.41, 5.74) is 4.35. The van der Waals surface area contributed by atoms with E-state index in [1.807, 2.05) is 56.3 Å². The van der Waals surface area contributed by atoms with Crippen molar-refractivity contribution in [1.82, 2.24) is 19.9 Å². The molecular formula is C25H23ClN6O2. The number of halogens is 1. The topological polar surface area (TPSA) is 102 Å². The van der Waals surface area contributed by atoms with Crippen LogP contribution >= 0.6 is 11.6 Å². The normalized spacial score (nSPS) is 10.6. The number of rotatable bonds is 7. The lowest BCUT2D eigenvalue weighted by Gasteiger charge is -2.13. The number of carbonyl (C=O) groups excluding carboxylic acids is 1. The van der Waals surface area contributed by atoms with Gasteiger partial charge in [-0.25, -0.2) is 24.7 Å². The number of ether oxygens (including phenoxy) is 1. The van der Waals surface area contributed by atoms with Gasteiger partial charge in [0.05, 0.1) is 6.61 Å². The van der Waals surface area contributed by atoms with E-state index in [0.717, 1.165) is 28.3 Å². The Morgan fingerprint density at radius 1 is 0.912 bits per heavy atom. The molecule has 8 nitrogen and oxygen atoms in total. The van der Waals surface area contributed by atoms with Gasteiger partial charge >= 0.3 is 5.97 Å². The number of nitrogens with one attached hydrogen (secondary N) is 2. The van der Waals surface area contributed by atoms with Gasteiger partial charge in [-0.15, -0.1) is 0 Å². The Morgan fingerprint density at radius 2 is 1.53 bits per heavy atom. The molecule has 0 saturated carbocycles. The van der Waals surface area contributed by atoms with Crippen molar-refractivity contribution in [3.63, 3.8) is 0 Å². The molecule has 0 aliphatic heterocycles. The summed E-state index contributed by atoms with van der Waals surface area (Å²) >= 11 is 5.99. The van der Waals surface area contributed by atoms with Crippen molar-refractivity contribution in [1.29, 1.82) is 0 Å². The van der Waals surface area contributed by atoms with Crippen LogP contribution in [0.25, 0.3) is 11.4 Å². The molecule has 172 valence electrons. The van der Waals surface area contributed by atoms with Crippen molar-refractivity contribution in [2.24, 2.45) is 0 Å². The Morgan fingerprint density at radius 3 is 2.15 bits per heavy atom. The fraction of sp³-hybridized carbons (Fsp3) is 0.160. The van der Waals surface area contributed by atoms with Gasteiger partial charge in [0.15, 0.2) is 5.82 Å². The Labute approximate surface area is 202 Å². The largest absolute Gasteiger partial charge is 0.462 e. The van der Waals surface area contributed by atoms with E-state index in [0.29, 0.717) is 22.6 Å². The quantitative estimate of drug-likeness (QED) is 0.321. The van der Waals surface area contributed by atoms with Gasteiger partial charge < -0.3 is 15.4 Å². The Balaban J connectivity index is 1.60. The van der Waals surface area contributed by atoms with Crippen molar-refractivity contribution >= 4 is 40.7 Å². The molecule has 4 rings (SSSR count). The Hall–Kier alpha value is -4.04. The maximum absolute atomic E-state index is 12.5. The molecule has 0 unspecified atom stereocenters. The molecule has 9 heteroatoms. The minimum Gasteiger partial charge on any atom is -0.462 e. The number of benzene rings is 2. The number of nitrogens with zero attached hydrogens (tertiary/aromatic N) is 4. The summed E-state index contributed by atoms with van der Waals surface area (Å²) in [6, 6.07) is 16.6. The Kier molecular flexibility index (Phi) is 6.98. The van der Waals surface area contributed by atoms with E-state index in [2.05, 4.69) is 30.6 Å². The van der Waals surface area contributed by atoms with Gasteiger partial charge in [-0.05, 0) is 75.4 Å². The summed E-state index contributed by atoms with van der Waals surface area (Å²) in [5, 5.41) is 7.02. The van der Waals surface area contributed by atoms with E-state index < -0.39 is 5.97 Å². The van der Waals surface area contributed by atoms with Gasteiger partial charge in [0.2, 0.25) is 5.95 Å². The van der Waals surface area contributed by atoms with E-state index in [-0.39, 0.29) is 12.2 Å². The van der Waals surface area contributed by atoms with Crippen LogP contribution in [0.5, 0.6) is 0 Å². The van der Waals surface area contributed by atoms with Crippen molar-refractivity contribution in [3.8, 4) is 11.4 Å². The van der Waals surface area contributed by atoms with Crippen molar-refractivity contribution in [2.75, 3.05) is 17.2 Å². The first-order valence-corrected chi connectivity index (χ1v) is 11.1. The van der Waals surface area contributed by atoms with Gasteiger partial charge in [0.1, 0.15) is 11.4 Å². The zero-order chi connectivity index (χ0) is 24.1. The molecule has 0 spiro atoms. The Bertz CT molecular complexity index is 1290. The van der Waals surface area contributed by atoms with Crippen molar-refractivity contribution < 1.29 is 9.53 Å². The molecule has 0 radical (unpaired) electrons. The van der Waals surface area contributed by atoms with Gasteiger partial charge in [0.25, 0.3) is 0 Å². The SMILES string of the molecule is CCOC(=O)c1cnc(-c2ccc(Cl)cc2)nc1Nc1ccc(Nc2nc(C)cc(C)n2)cc1. The number of carbonyl (C=O) groups is 1. The first-order chi connectivity index (χ1) is 16.4. The third-order valence-corrected chi connectivity index (χ3v) is 5.02. The molecule has 0 fully saturated rings. The highest BCUT2D eigenvalue weighted by Crippen LogP contribution is 2.25. The standard InChI is InChI=1S/C25H23ClN6O2/c1-4-34-24(33)21-14-27-22(17-5-7-18(26)8-6-17)32-23(21)30-19-9-11-20(12-10-19)31-25-28-15(2)13-16(3)29-25/h5-14H,4H2,1-3H3,(H,27,30,32)(H,28,29,31). The number of anilines is 4. The molecule has 2 heterocycles. The van der Waals surface area contributed by atoms with Crippen LogP contribution in [0.4, 0.5) is 23.1 Å². The van der Waals surface area contributed by atoms with E-state index in [1.165, 1.54) is 6.20 Å². The lowest BCUT2D eigenvalue weighted by molar-refractivity contribution is 0.0526. The predicted octanol–water partition coefficient (Wildman–Crippen LogP) is 5.87. The second kappa shape index (κ2) is 10.3. The molecule has 2 N–H and O–H groups in total. The van der Waals surface area contributed by atoms with Crippen molar-refractivity contribution in [3.05, 3.63) is 82.8 Å². The van der Waals surface area contributed by atoms with Gasteiger partial charge in [-0.1, -0.05) is 11.6 Å². The molecule has 0 aliphatic rings. The first kappa shape index (κ1) is 23.1. The summed E-state index contributed by atoms with van der Waals surface area (Å²) in [7, 11) is 0. The number of aromatic nitrogens is 4. The van der Waals surface area contributed by atoms with E-state index in [4.69, 9.17) is 16.3 Å².